The highest BCUT2D eigenvalue weighted by Gasteiger charge is 2.15. The number of hydrogen-bond donors (Lipinski definition) is 0. The number of ether oxygens (including phenoxy) is 1. The van der Waals surface area contributed by atoms with Crippen molar-refractivity contribution in [1.82, 2.24) is 0 Å². The second-order valence-corrected chi connectivity index (χ2v) is 2.76. The van der Waals surface area contributed by atoms with E-state index in [9.17, 15) is 13.6 Å². The maximum atomic E-state index is 13.2. The molecule has 0 aliphatic carbocycles. The zero-order valence-corrected chi connectivity index (χ0v) is 7.88. The fourth-order valence-electron chi connectivity index (χ4n) is 1.04. The van der Waals surface area contributed by atoms with Crippen LogP contribution in [-0.4, -0.2) is 13.1 Å². The van der Waals surface area contributed by atoms with Crippen LogP contribution in [0, 0.1) is 23.0 Å². The molecular weight excluding hydrogens is 204 g/mol. The number of carbonyl (C=O) groups is 1. The molecule has 0 aliphatic rings. The third kappa shape index (κ3) is 2.29. The SMILES string of the molecule is COC(=O)Cc1ccc(C#N)c(F)c1F. The molecule has 15 heavy (non-hydrogen) atoms. The van der Waals surface area contributed by atoms with E-state index in [2.05, 4.69) is 4.74 Å². The first-order valence-electron chi connectivity index (χ1n) is 4.04. The maximum absolute atomic E-state index is 13.2. The van der Waals surface area contributed by atoms with Crippen molar-refractivity contribution in [2.75, 3.05) is 7.11 Å². The van der Waals surface area contributed by atoms with Gasteiger partial charge in [-0.3, -0.25) is 4.79 Å². The molecule has 78 valence electrons. The van der Waals surface area contributed by atoms with Crippen LogP contribution < -0.4 is 0 Å². The van der Waals surface area contributed by atoms with Crippen molar-refractivity contribution in [2.45, 2.75) is 6.42 Å². The van der Waals surface area contributed by atoms with Gasteiger partial charge in [0.1, 0.15) is 6.07 Å². The van der Waals surface area contributed by atoms with E-state index < -0.39 is 17.6 Å². The third-order valence-corrected chi connectivity index (χ3v) is 1.85. The van der Waals surface area contributed by atoms with Gasteiger partial charge >= 0.3 is 5.97 Å². The number of benzene rings is 1. The average molecular weight is 211 g/mol. The summed E-state index contributed by atoms with van der Waals surface area (Å²) in [5.41, 5.74) is -0.514. The summed E-state index contributed by atoms with van der Waals surface area (Å²) in [6.45, 7) is 0. The highest BCUT2D eigenvalue weighted by atomic mass is 19.2. The maximum Gasteiger partial charge on any atom is 0.310 e. The Bertz CT molecular complexity index is 438. The number of rotatable bonds is 2. The zero-order chi connectivity index (χ0) is 11.4. The summed E-state index contributed by atoms with van der Waals surface area (Å²) in [6.07, 6.45) is -0.356. The lowest BCUT2D eigenvalue weighted by molar-refractivity contribution is -0.139. The van der Waals surface area contributed by atoms with Gasteiger partial charge in [-0.05, 0) is 6.07 Å². The molecular formula is C10H7F2NO2. The topological polar surface area (TPSA) is 50.1 Å². The number of esters is 1. The Morgan fingerprint density at radius 2 is 2.13 bits per heavy atom. The second kappa shape index (κ2) is 4.51. The van der Waals surface area contributed by atoms with Crippen LogP contribution >= 0.6 is 0 Å². The van der Waals surface area contributed by atoms with Gasteiger partial charge in [-0.15, -0.1) is 0 Å². The molecule has 5 heteroatoms. The first kappa shape index (κ1) is 11.1. The van der Waals surface area contributed by atoms with Gasteiger partial charge in [-0.25, -0.2) is 8.78 Å². The van der Waals surface area contributed by atoms with E-state index in [1.165, 1.54) is 12.1 Å². The van der Waals surface area contributed by atoms with E-state index in [1.807, 2.05) is 0 Å². The molecule has 0 aromatic heterocycles. The molecule has 0 spiro atoms. The van der Waals surface area contributed by atoms with Crippen molar-refractivity contribution in [1.29, 1.82) is 5.26 Å². The molecule has 0 heterocycles. The van der Waals surface area contributed by atoms with Crippen LogP contribution in [0.15, 0.2) is 12.1 Å². The van der Waals surface area contributed by atoms with Crippen molar-refractivity contribution in [3.05, 3.63) is 34.9 Å². The number of nitrogens with zero attached hydrogens (tertiary/aromatic N) is 1. The van der Waals surface area contributed by atoms with Crippen LogP contribution in [0.25, 0.3) is 0 Å². The van der Waals surface area contributed by atoms with Crippen LogP contribution in [0.2, 0.25) is 0 Å². The van der Waals surface area contributed by atoms with Crippen LogP contribution in [0.4, 0.5) is 8.78 Å². The minimum absolute atomic E-state index is 0.127. The van der Waals surface area contributed by atoms with Crippen LogP contribution in [0.3, 0.4) is 0 Å². The molecule has 0 amide bonds. The lowest BCUT2D eigenvalue weighted by atomic mass is 10.1. The lowest BCUT2D eigenvalue weighted by Crippen LogP contribution is -2.07. The number of methoxy groups -OCH3 is 1. The van der Waals surface area contributed by atoms with Gasteiger partial charge in [0.25, 0.3) is 0 Å². The quantitative estimate of drug-likeness (QED) is 0.697. The lowest BCUT2D eigenvalue weighted by Gasteiger charge is -2.03. The second-order valence-electron chi connectivity index (χ2n) is 2.76. The molecule has 0 unspecified atom stereocenters. The molecule has 0 fully saturated rings. The number of carbonyl (C=O) groups excluding carboxylic acids is 1. The van der Waals surface area contributed by atoms with Crippen molar-refractivity contribution >= 4 is 5.97 Å². The van der Waals surface area contributed by atoms with Crippen molar-refractivity contribution < 1.29 is 18.3 Å². The van der Waals surface area contributed by atoms with Gasteiger partial charge in [-0.2, -0.15) is 5.26 Å². The van der Waals surface area contributed by atoms with E-state index in [4.69, 9.17) is 5.26 Å². The number of hydrogen-bond acceptors (Lipinski definition) is 3. The van der Waals surface area contributed by atoms with Crippen LogP contribution in [0.1, 0.15) is 11.1 Å². The first-order valence-corrected chi connectivity index (χ1v) is 4.04. The molecule has 0 N–H and O–H groups in total. The van der Waals surface area contributed by atoms with Gasteiger partial charge in [0.2, 0.25) is 0 Å². The van der Waals surface area contributed by atoms with Crippen LogP contribution in [-0.2, 0) is 16.0 Å². The molecule has 0 radical (unpaired) electrons. The fourth-order valence-corrected chi connectivity index (χ4v) is 1.04. The van der Waals surface area contributed by atoms with E-state index in [0.29, 0.717) is 0 Å². The van der Waals surface area contributed by atoms with Gasteiger partial charge in [0.15, 0.2) is 11.6 Å². The normalized spacial score (nSPS) is 9.47. The van der Waals surface area contributed by atoms with E-state index in [-0.39, 0.29) is 17.5 Å². The highest BCUT2D eigenvalue weighted by Crippen LogP contribution is 2.16. The Hall–Kier alpha value is -1.96. The van der Waals surface area contributed by atoms with Gasteiger partial charge in [-0.1, -0.05) is 6.07 Å². The fraction of sp³-hybridized carbons (Fsp3) is 0.200. The molecule has 0 saturated heterocycles. The predicted molar refractivity (Wildman–Crippen MR) is 46.8 cm³/mol. The Morgan fingerprint density at radius 3 is 2.67 bits per heavy atom. The minimum Gasteiger partial charge on any atom is -0.469 e. The molecule has 0 atom stereocenters. The van der Waals surface area contributed by atoms with Crippen molar-refractivity contribution in [3.63, 3.8) is 0 Å². The summed E-state index contributed by atoms with van der Waals surface area (Å²) in [5.74, 6) is -3.09. The Kier molecular flexibility index (Phi) is 3.34. The highest BCUT2D eigenvalue weighted by molar-refractivity contribution is 5.72. The van der Waals surface area contributed by atoms with Crippen LogP contribution in [0.5, 0.6) is 0 Å². The molecule has 1 aromatic rings. The summed E-state index contributed by atoms with van der Waals surface area (Å²) in [5, 5.41) is 8.41. The summed E-state index contributed by atoms with van der Waals surface area (Å²) in [6, 6.07) is 3.81. The molecule has 1 aromatic carbocycles. The zero-order valence-electron chi connectivity index (χ0n) is 7.88. The molecule has 1 rings (SSSR count). The Balaban J connectivity index is 3.08. The van der Waals surface area contributed by atoms with Gasteiger partial charge < -0.3 is 4.74 Å². The molecule has 0 saturated carbocycles. The number of halogens is 2. The molecule has 0 aliphatic heterocycles. The summed E-state index contributed by atoms with van der Waals surface area (Å²) in [4.78, 5) is 10.8. The third-order valence-electron chi connectivity index (χ3n) is 1.85. The Labute approximate surface area is 84.9 Å². The average Bonchev–Trinajstić information content (AvgIpc) is 2.25. The van der Waals surface area contributed by atoms with Gasteiger partial charge in [0, 0.05) is 5.56 Å². The summed E-state index contributed by atoms with van der Waals surface area (Å²) in [7, 11) is 1.15. The Morgan fingerprint density at radius 1 is 1.47 bits per heavy atom. The number of nitriles is 1. The minimum atomic E-state index is -1.24. The summed E-state index contributed by atoms with van der Waals surface area (Å²) >= 11 is 0. The van der Waals surface area contributed by atoms with E-state index in [1.54, 1.807) is 0 Å². The monoisotopic (exact) mass is 211 g/mol. The summed E-state index contributed by atoms with van der Waals surface area (Å²) < 4.78 is 30.6. The largest absolute Gasteiger partial charge is 0.469 e. The van der Waals surface area contributed by atoms with E-state index >= 15 is 0 Å². The smallest absolute Gasteiger partial charge is 0.310 e. The molecule has 0 bridgehead atoms. The van der Waals surface area contributed by atoms with E-state index in [0.717, 1.165) is 13.2 Å². The van der Waals surface area contributed by atoms with Crippen molar-refractivity contribution in [3.8, 4) is 6.07 Å². The molecule has 3 nitrogen and oxygen atoms in total. The standard InChI is InChI=1S/C10H7F2NO2/c1-15-8(14)4-6-2-3-7(5-13)10(12)9(6)11/h2-3H,4H2,1H3. The first-order chi connectivity index (χ1) is 7.10. The van der Waals surface area contributed by atoms with Gasteiger partial charge in [0.05, 0.1) is 19.1 Å². The van der Waals surface area contributed by atoms with Crippen molar-refractivity contribution in [2.24, 2.45) is 0 Å². The predicted octanol–water partition coefficient (Wildman–Crippen LogP) is 1.55.